The van der Waals surface area contributed by atoms with E-state index in [1.165, 1.54) is 5.52 Å². The van der Waals surface area contributed by atoms with Gasteiger partial charge in [0.25, 0.3) is 0 Å². The Morgan fingerprint density at radius 3 is 2.88 bits per heavy atom. The number of nitrogens with one attached hydrogen (secondary N) is 2. The van der Waals surface area contributed by atoms with E-state index in [0.29, 0.717) is 6.54 Å². The highest BCUT2D eigenvalue weighted by Gasteiger charge is 2.17. The number of ether oxygens (including phenoxy) is 1. The zero-order chi connectivity index (χ0) is 23.0. The Balaban J connectivity index is 1.29. The molecular weight excluding hydrogens is 414 g/mol. The van der Waals surface area contributed by atoms with Crippen LogP contribution in [0.5, 0.6) is 0 Å². The van der Waals surface area contributed by atoms with Gasteiger partial charge < -0.3 is 24.8 Å². The molecule has 2 aromatic heterocycles. The molecule has 3 heterocycles. The van der Waals surface area contributed by atoms with Crippen LogP contribution in [0.4, 0.5) is 5.82 Å². The molecule has 176 valence electrons. The van der Waals surface area contributed by atoms with Crippen LogP contribution in [-0.2, 0) is 17.8 Å². The molecule has 1 saturated heterocycles. The first-order valence-corrected chi connectivity index (χ1v) is 11.9. The van der Waals surface area contributed by atoms with Crippen LogP contribution in [0.1, 0.15) is 31.7 Å². The molecule has 0 saturated carbocycles. The average molecular weight is 450 g/mol. The van der Waals surface area contributed by atoms with Crippen molar-refractivity contribution >= 4 is 22.8 Å². The fourth-order valence-corrected chi connectivity index (χ4v) is 4.16. The second kappa shape index (κ2) is 11.1. The highest BCUT2D eigenvalue weighted by Crippen LogP contribution is 2.16. The van der Waals surface area contributed by atoms with Gasteiger partial charge in [0.15, 0.2) is 5.96 Å². The Morgan fingerprint density at radius 1 is 1.21 bits per heavy atom. The topological polar surface area (TPSA) is 79.6 Å². The summed E-state index contributed by atoms with van der Waals surface area (Å²) in [6.45, 7) is 11.9. The number of fused-ring (bicyclic) bond motifs is 1. The largest absolute Gasteiger partial charge is 0.375 e. The van der Waals surface area contributed by atoms with Crippen molar-refractivity contribution < 1.29 is 4.74 Å². The lowest BCUT2D eigenvalue weighted by Gasteiger charge is -2.32. The second-order valence-corrected chi connectivity index (χ2v) is 8.43. The number of hydrogen-bond donors (Lipinski definition) is 2. The van der Waals surface area contributed by atoms with E-state index < -0.39 is 0 Å². The SMILES string of the molecule is CCNC(=NCc1ccc(N2CCOC(C)C2)nc1)NCCCn1c(C)nc2ccccc21. The minimum Gasteiger partial charge on any atom is -0.375 e. The number of hydrogen-bond acceptors (Lipinski definition) is 5. The fraction of sp³-hybridized carbons (Fsp3) is 0.480. The molecule has 8 nitrogen and oxygen atoms in total. The predicted molar refractivity (Wildman–Crippen MR) is 134 cm³/mol. The first kappa shape index (κ1) is 23.0. The van der Waals surface area contributed by atoms with Gasteiger partial charge in [-0.1, -0.05) is 18.2 Å². The van der Waals surface area contributed by atoms with Crippen molar-refractivity contribution in [1.82, 2.24) is 25.2 Å². The van der Waals surface area contributed by atoms with E-state index in [1.807, 2.05) is 12.3 Å². The summed E-state index contributed by atoms with van der Waals surface area (Å²) in [5, 5.41) is 6.78. The number of para-hydroxylation sites is 2. The monoisotopic (exact) mass is 449 g/mol. The zero-order valence-corrected chi connectivity index (χ0v) is 19.9. The molecule has 0 bridgehead atoms. The molecule has 1 fully saturated rings. The molecule has 1 aliphatic rings. The summed E-state index contributed by atoms with van der Waals surface area (Å²) in [4.78, 5) is 16.3. The van der Waals surface area contributed by atoms with E-state index in [9.17, 15) is 0 Å². The van der Waals surface area contributed by atoms with Crippen molar-refractivity contribution in [3.8, 4) is 0 Å². The first-order valence-electron chi connectivity index (χ1n) is 11.9. The third kappa shape index (κ3) is 6.01. The van der Waals surface area contributed by atoms with E-state index >= 15 is 0 Å². The maximum Gasteiger partial charge on any atom is 0.191 e. The lowest BCUT2D eigenvalue weighted by Crippen LogP contribution is -2.41. The number of guanidine groups is 1. The summed E-state index contributed by atoms with van der Waals surface area (Å²) in [7, 11) is 0. The summed E-state index contributed by atoms with van der Waals surface area (Å²) in [6.07, 6.45) is 3.16. The summed E-state index contributed by atoms with van der Waals surface area (Å²) in [5.74, 6) is 2.89. The molecule has 8 heteroatoms. The Hall–Kier alpha value is -3.13. The molecule has 1 aromatic carbocycles. The number of anilines is 1. The lowest BCUT2D eigenvalue weighted by atomic mass is 10.2. The molecule has 1 unspecified atom stereocenters. The van der Waals surface area contributed by atoms with Gasteiger partial charge in [-0.2, -0.15) is 0 Å². The van der Waals surface area contributed by atoms with E-state index in [4.69, 9.17) is 9.73 Å². The number of aromatic nitrogens is 3. The van der Waals surface area contributed by atoms with E-state index in [1.54, 1.807) is 0 Å². The van der Waals surface area contributed by atoms with Gasteiger partial charge in [-0.05, 0) is 51.0 Å². The van der Waals surface area contributed by atoms with Crippen LogP contribution in [0.25, 0.3) is 11.0 Å². The molecule has 1 aliphatic heterocycles. The van der Waals surface area contributed by atoms with Crippen molar-refractivity contribution in [2.45, 2.75) is 46.4 Å². The summed E-state index contributed by atoms with van der Waals surface area (Å²) in [5.41, 5.74) is 3.34. The molecule has 0 aliphatic carbocycles. The first-order chi connectivity index (χ1) is 16.1. The Labute approximate surface area is 196 Å². The fourth-order valence-electron chi connectivity index (χ4n) is 4.16. The number of aliphatic imine (C=N–C) groups is 1. The summed E-state index contributed by atoms with van der Waals surface area (Å²) in [6, 6.07) is 12.5. The number of rotatable bonds is 8. The molecule has 0 radical (unpaired) electrons. The van der Waals surface area contributed by atoms with Crippen LogP contribution in [0.2, 0.25) is 0 Å². The zero-order valence-electron chi connectivity index (χ0n) is 19.9. The van der Waals surface area contributed by atoms with E-state index in [0.717, 1.165) is 74.4 Å². The van der Waals surface area contributed by atoms with Crippen molar-refractivity contribution in [2.75, 3.05) is 37.7 Å². The molecule has 4 rings (SSSR count). The number of morpholine rings is 1. The molecular formula is C25H35N7O. The molecule has 0 spiro atoms. The van der Waals surface area contributed by atoms with Gasteiger partial charge in [0.05, 0.1) is 30.3 Å². The van der Waals surface area contributed by atoms with Gasteiger partial charge in [-0.25, -0.2) is 15.0 Å². The highest BCUT2D eigenvalue weighted by atomic mass is 16.5. The van der Waals surface area contributed by atoms with E-state index in [-0.39, 0.29) is 6.10 Å². The van der Waals surface area contributed by atoms with Crippen molar-refractivity contribution in [1.29, 1.82) is 0 Å². The average Bonchev–Trinajstić information content (AvgIpc) is 3.15. The maximum atomic E-state index is 5.62. The van der Waals surface area contributed by atoms with Crippen LogP contribution in [0.3, 0.4) is 0 Å². The quantitative estimate of drug-likeness (QED) is 0.313. The van der Waals surface area contributed by atoms with Gasteiger partial charge in [0.2, 0.25) is 0 Å². The number of imidazole rings is 1. The lowest BCUT2D eigenvalue weighted by molar-refractivity contribution is 0.0529. The standard InChI is InChI=1S/C25H35N7O/c1-4-26-25(27-12-7-13-32-20(3)30-22-8-5-6-9-23(22)32)29-17-21-10-11-24(28-16-21)31-14-15-33-19(2)18-31/h5-6,8-11,16,19H,4,7,12-15,17-18H2,1-3H3,(H2,26,27,29). The van der Waals surface area contributed by atoms with Crippen LogP contribution in [-0.4, -0.2) is 59.4 Å². The summed E-state index contributed by atoms with van der Waals surface area (Å²) < 4.78 is 7.90. The van der Waals surface area contributed by atoms with Crippen LogP contribution >= 0.6 is 0 Å². The van der Waals surface area contributed by atoms with Gasteiger partial charge >= 0.3 is 0 Å². The smallest absolute Gasteiger partial charge is 0.191 e. The molecule has 2 N–H and O–H groups in total. The Kier molecular flexibility index (Phi) is 7.78. The van der Waals surface area contributed by atoms with Gasteiger partial charge in [0, 0.05) is 38.9 Å². The maximum absolute atomic E-state index is 5.62. The van der Waals surface area contributed by atoms with Crippen LogP contribution in [0, 0.1) is 6.92 Å². The van der Waals surface area contributed by atoms with Crippen LogP contribution in [0.15, 0.2) is 47.6 Å². The van der Waals surface area contributed by atoms with Crippen molar-refractivity contribution in [2.24, 2.45) is 4.99 Å². The minimum absolute atomic E-state index is 0.245. The van der Waals surface area contributed by atoms with Crippen molar-refractivity contribution in [3.63, 3.8) is 0 Å². The Bertz CT molecular complexity index is 1060. The van der Waals surface area contributed by atoms with Gasteiger partial charge in [0.1, 0.15) is 11.6 Å². The van der Waals surface area contributed by atoms with Gasteiger partial charge in [-0.15, -0.1) is 0 Å². The Morgan fingerprint density at radius 2 is 2.09 bits per heavy atom. The number of benzene rings is 1. The third-order valence-electron chi connectivity index (χ3n) is 5.83. The van der Waals surface area contributed by atoms with Crippen LogP contribution < -0.4 is 15.5 Å². The molecule has 0 amide bonds. The molecule has 33 heavy (non-hydrogen) atoms. The second-order valence-electron chi connectivity index (χ2n) is 8.43. The molecule has 1 atom stereocenters. The summed E-state index contributed by atoms with van der Waals surface area (Å²) >= 11 is 0. The predicted octanol–water partition coefficient (Wildman–Crippen LogP) is 3.11. The minimum atomic E-state index is 0.245. The highest BCUT2D eigenvalue weighted by molar-refractivity contribution is 5.79. The van der Waals surface area contributed by atoms with Crippen molar-refractivity contribution in [3.05, 3.63) is 54.0 Å². The van der Waals surface area contributed by atoms with Gasteiger partial charge in [-0.3, -0.25) is 0 Å². The molecule has 3 aromatic rings. The number of aryl methyl sites for hydroxylation is 2. The normalized spacial score (nSPS) is 16.9. The number of nitrogens with zero attached hydrogens (tertiary/aromatic N) is 5. The third-order valence-corrected chi connectivity index (χ3v) is 5.83. The number of pyridine rings is 1. The van der Waals surface area contributed by atoms with E-state index in [2.05, 4.69) is 81.2 Å².